The largest absolute Gasteiger partial charge is 0.465 e. The maximum atomic E-state index is 11.5. The number of carboxylic acid groups (broad SMARTS) is 1. The van der Waals surface area contributed by atoms with Gasteiger partial charge in [0.05, 0.1) is 12.7 Å². The molecule has 19 heavy (non-hydrogen) atoms. The molecule has 0 saturated carbocycles. The lowest BCUT2D eigenvalue weighted by atomic mass is 10.2. The monoisotopic (exact) mass is 277 g/mol. The molecule has 0 unspecified atom stereocenters. The van der Waals surface area contributed by atoms with Crippen molar-refractivity contribution in [2.45, 2.75) is 24.9 Å². The lowest BCUT2D eigenvalue weighted by molar-refractivity contribution is -0.126. The molecule has 6 N–H and O–H groups in total. The fourth-order valence-corrected chi connectivity index (χ4v) is 1.59. The lowest BCUT2D eigenvalue weighted by Gasteiger charge is -2.17. The highest BCUT2D eigenvalue weighted by Gasteiger charge is 2.34. The van der Waals surface area contributed by atoms with Crippen LogP contribution in [0.2, 0.25) is 0 Å². The molecular weight excluding hydrogens is 262 g/mol. The third-order valence-corrected chi connectivity index (χ3v) is 2.52. The van der Waals surface area contributed by atoms with Crippen molar-refractivity contribution < 1.29 is 34.4 Å². The van der Waals surface area contributed by atoms with Crippen molar-refractivity contribution in [3.8, 4) is 0 Å². The van der Waals surface area contributed by atoms with E-state index in [0.717, 1.165) is 0 Å². The first-order valence-corrected chi connectivity index (χ1v) is 5.38. The molecule has 0 aliphatic carbocycles. The van der Waals surface area contributed by atoms with E-state index in [0.29, 0.717) is 0 Å². The van der Waals surface area contributed by atoms with Gasteiger partial charge in [-0.3, -0.25) is 4.79 Å². The van der Waals surface area contributed by atoms with Gasteiger partial charge in [-0.25, -0.2) is 14.5 Å². The van der Waals surface area contributed by atoms with Crippen molar-refractivity contribution in [2.24, 2.45) is 5.73 Å². The highest BCUT2D eigenvalue weighted by atomic mass is 16.5. The number of urea groups is 1. The van der Waals surface area contributed by atoms with Gasteiger partial charge in [0.25, 0.3) is 0 Å². The average molecular weight is 277 g/mol. The van der Waals surface area contributed by atoms with Crippen molar-refractivity contribution in [3.63, 3.8) is 0 Å². The number of carbonyl (C=O) groups is 3. The number of aliphatic hydroxyl groups excluding tert-OH is 2. The van der Waals surface area contributed by atoms with Gasteiger partial charge in [-0.05, 0) is 0 Å². The maximum absolute atomic E-state index is 11.5. The van der Waals surface area contributed by atoms with E-state index >= 15 is 0 Å². The summed E-state index contributed by atoms with van der Waals surface area (Å²) in [7, 11) is 0. The second-order valence-electron chi connectivity index (χ2n) is 3.92. The highest BCUT2D eigenvalue weighted by molar-refractivity contribution is 5.94. The first kappa shape index (κ1) is 15.1. The highest BCUT2D eigenvalue weighted by Crippen LogP contribution is 2.18. The Kier molecular flexibility index (Phi) is 5.03. The van der Waals surface area contributed by atoms with Crippen LogP contribution >= 0.6 is 0 Å². The number of nitrogens with zero attached hydrogens (tertiary/aromatic N) is 1. The van der Waals surface area contributed by atoms with Crippen LogP contribution < -0.4 is 11.1 Å². The van der Waals surface area contributed by atoms with Gasteiger partial charge in [-0.1, -0.05) is 0 Å². The van der Waals surface area contributed by atoms with Crippen LogP contribution in [0.15, 0.2) is 0 Å². The number of nitrogens with two attached hydrogens (primary N) is 1. The van der Waals surface area contributed by atoms with Crippen LogP contribution in [-0.4, -0.2) is 69.8 Å². The molecule has 1 heterocycles. The molecule has 1 saturated heterocycles. The number of ether oxygens (including phenoxy) is 1. The molecule has 1 aliphatic rings. The van der Waals surface area contributed by atoms with Crippen molar-refractivity contribution in [3.05, 3.63) is 0 Å². The molecule has 1 fully saturated rings. The van der Waals surface area contributed by atoms with Crippen LogP contribution in [0.4, 0.5) is 9.59 Å². The molecule has 0 spiro atoms. The minimum atomic E-state index is -1.65. The van der Waals surface area contributed by atoms with Gasteiger partial charge in [-0.2, -0.15) is 0 Å². The van der Waals surface area contributed by atoms with Crippen molar-refractivity contribution >= 4 is 18.0 Å². The molecule has 10 nitrogen and oxygen atoms in total. The van der Waals surface area contributed by atoms with E-state index in [4.69, 9.17) is 20.7 Å². The van der Waals surface area contributed by atoms with E-state index in [9.17, 15) is 19.5 Å². The second kappa shape index (κ2) is 6.31. The number of hydrogen-bond acceptors (Lipinski definition) is 6. The Morgan fingerprint density at radius 1 is 1.42 bits per heavy atom. The zero-order valence-electron chi connectivity index (χ0n) is 9.85. The summed E-state index contributed by atoms with van der Waals surface area (Å²) < 4.78 is 5.08. The lowest BCUT2D eigenvalue weighted by Crippen LogP contribution is -2.48. The predicted molar refractivity (Wildman–Crippen MR) is 58.8 cm³/mol. The number of primary amides is 1. The Hall–Kier alpha value is -1.91. The van der Waals surface area contributed by atoms with Gasteiger partial charge in [0.2, 0.25) is 5.91 Å². The van der Waals surface area contributed by atoms with E-state index in [1.165, 1.54) is 0 Å². The number of amides is 4. The molecule has 0 bridgehead atoms. The molecule has 1 rings (SSSR count). The van der Waals surface area contributed by atoms with E-state index in [-0.39, 0.29) is 11.3 Å². The number of imide groups is 1. The quantitative estimate of drug-likeness (QED) is 0.383. The topological polar surface area (TPSA) is 162 Å². The molecule has 4 amide bonds. The van der Waals surface area contributed by atoms with Gasteiger partial charge in [0.1, 0.15) is 18.9 Å². The van der Waals surface area contributed by atoms with Crippen LogP contribution in [0, 0.1) is 0 Å². The number of carbonyl (C=O) groups excluding carboxylic acids is 2. The normalized spacial score (nSPS) is 25.9. The first-order valence-electron chi connectivity index (χ1n) is 5.38. The van der Waals surface area contributed by atoms with Crippen LogP contribution in [0.25, 0.3) is 0 Å². The zero-order valence-corrected chi connectivity index (χ0v) is 9.85. The Morgan fingerprint density at radius 3 is 2.47 bits per heavy atom. The summed E-state index contributed by atoms with van der Waals surface area (Å²) in [6.07, 6.45) is -4.19. The third kappa shape index (κ3) is 4.05. The van der Waals surface area contributed by atoms with Gasteiger partial charge >= 0.3 is 12.1 Å². The maximum Gasteiger partial charge on any atom is 0.415 e. The third-order valence-electron chi connectivity index (χ3n) is 2.52. The van der Waals surface area contributed by atoms with Crippen molar-refractivity contribution in [1.82, 2.24) is 10.2 Å². The van der Waals surface area contributed by atoms with E-state index in [1.807, 2.05) is 0 Å². The SMILES string of the molecule is NC(=O)N(CC(=O)N[C@H]1C[C@H](O)[C@@H](CO)O1)C(=O)O. The second-order valence-corrected chi connectivity index (χ2v) is 3.92. The molecule has 10 heteroatoms. The van der Waals surface area contributed by atoms with E-state index in [2.05, 4.69) is 5.32 Å². The van der Waals surface area contributed by atoms with Crippen LogP contribution in [-0.2, 0) is 9.53 Å². The summed E-state index contributed by atoms with van der Waals surface area (Å²) in [6, 6.07) is -1.27. The summed E-state index contributed by atoms with van der Waals surface area (Å²) in [5, 5.41) is 29.1. The summed E-state index contributed by atoms with van der Waals surface area (Å²) >= 11 is 0. The molecule has 108 valence electrons. The summed E-state index contributed by atoms with van der Waals surface area (Å²) in [5.41, 5.74) is 4.78. The number of hydrogen-bond donors (Lipinski definition) is 5. The molecular formula is C9H15N3O7. The average Bonchev–Trinajstić information content (AvgIpc) is 2.65. The minimum absolute atomic E-state index is 0.0562. The van der Waals surface area contributed by atoms with Crippen molar-refractivity contribution in [1.29, 1.82) is 0 Å². The van der Waals surface area contributed by atoms with Gasteiger partial charge in [0, 0.05) is 6.42 Å². The molecule has 0 radical (unpaired) electrons. The van der Waals surface area contributed by atoms with Crippen LogP contribution in [0.5, 0.6) is 0 Å². The van der Waals surface area contributed by atoms with Gasteiger partial charge in [-0.15, -0.1) is 0 Å². The standard InChI is InChI=1S/C9H15N3O7/c10-8(16)12(9(17)18)2-6(15)11-7-1-4(14)5(3-13)19-7/h4-5,7,13-14H,1-3H2,(H2,10,16)(H,11,15)(H,17,18)/t4-,5+,7+/m0/s1. The minimum Gasteiger partial charge on any atom is -0.465 e. The Bertz CT molecular complexity index is 361. The van der Waals surface area contributed by atoms with Crippen LogP contribution in [0.3, 0.4) is 0 Å². The molecule has 1 aliphatic heterocycles. The van der Waals surface area contributed by atoms with E-state index < -0.39 is 49.6 Å². The molecule has 0 aromatic carbocycles. The zero-order chi connectivity index (χ0) is 14.6. The van der Waals surface area contributed by atoms with Crippen molar-refractivity contribution in [2.75, 3.05) is 13.2 Å². The Labute approximate surface area is 107 Å². The number of aliphatic hydroxyl groups is 2. The molecule has 3 atom stereocenters. The number of nitrogens with one attached hydrogen (secondary N) is 1. The summed E-state index contributed by atoms with van der Waals surface area (Å²) in [5.74, 6) is -0.808. The molecule has 0 aromatic heterocycles. The molecule has 0 aromatic rings. The van der Waals surface area contributed by atoms with Gasteiger partial charge < -0.3 is 31.1 Å². The summed E-state index contributed by atoms with van der Waals surface area (Å²) in [4.78, 5) is 33.0. The van der Waals surface area contributed by atoms with Gasteiger partial charge in [0.15, 0.2) is 0 Å². The summed E-state index contributed by atoms with van der Waals surface area (Å²) in [6.45, 7) is -1.18. The first-order chi connectivity index (χ1) is 8.85. The smallest absolute Gasteiger partial charge is 0.415 e. The fraction of sp³-hybridized carbons (Fsp3) is 0.667. The Morgan fingerprint density at radius 2 is 2.05 bits per heavy atom. The van der Waals surface area contributed by atoms with Crippen LogP contribution in [0.1, 0.15) is 6.42 Å². The fourth-order valence-electron chi connectivity index (χ4n) is 1.59. The Balaban J connectivity index is 2.48. The van der Waals surface area contributed by atoms with E-state index in [1.54, 1.807) is 0 Å². The predicted octanol–water partition coefficient (Wildman–Crippen LogP) is -2.37. The number of rotatable bonds is 4.